The fourth-order valence-electron chi connectivity index (χ4n) is 2.32. The number of thioether (sulfide) groups is 1. The van der Waals surface area contributed by atoms with Gasteiger partial charge in [-0.3, -0.25) is 9.36 Å². The van der Waals surface area contributed by atoms with Crippen molar-refractivity contribution < 1.29 is 9.53 Å². The number of primary amides is 1. The molecule has 0 unspecified atom stereocenters. The highest BCUT2D eigenvalue weighted by atomic mass is 32.2. The predicted octanol–water partition coefficient (Wildman–Crippen LogP) is 2.80. The van der Waals surface area contributed by atoms with Crippen molar-refractivity contribution in [2.45, 2.75) is 38.6 Å². The normalized spacial score (nSPS) is 12.0. The van der Waals surface area contributed by atoms with Crippen molar-refractivity contribution in [3.05, 3.63) is 47.8 Å². The first-order valence-corrected chi connectivity index (χ1v) is 8.60. The molecule has 0 aliphatic rings. The quantitative estimate of drug-likeness (QED) is 0.587. The summed E-state index contributed by atoms with van der Waals surface area (Å²) in [4.78, 5) is 11.0. The summed E-state index contributed by atoms with van der Waals surface area (Å²) in [5.41, 5.74) is 7.46. The zero-order chi connectivity index (χ0) is 17.7. The molecule has 0 saturated heterocycles. The van der Waals surface area contributed by atoms with E-state index >= 15 is 0 Å². The lowest BCUT2D eigenvalue weighted by Gasteiger charge is -2.17. The molecule has 2 N–H and O–H groups in total. The third-order valence-corrected chi connectivity index (χ3v) is 4.39. The van der Waals surface area contributed by atoms with Crippen LogP contribution in [-0.4, -0.2) is 26.4 Å². The molecule has 1 heterocycles. The van der Waals surface area contributed by atoms with E-state index in [0.29, 0.717) is 17.5 Å². The number of ether oxygens (including phenoxy) is 1. The molecule has 1 atom stereocenters. The predicted molar refractivity (Wildman–Crippen MR) is 95.1 cm³/mol. The van der Waals surface area contributed by atoms with Crippen LogP contribution >= 0.6 is 11.8 Å². The maximum Gasteiger partial charge on any atom is 0.227 e. The molecule has 24 heavy (non-hydrogen) atoms. The zero-order valence-corrected chi connectivity index (χ0v) is 15.0. The standard InChI is InChI=1S/C17H22N4O2S/c1-5-8-21-16(19-20-17(21)24-10-15(18)22)13(4)23-14-7-6-11(2)9-12(14)3/h5-7,9,13H,1,8,10H2,2-4H3,(H2,18,22)/t13-/m1/s1. The van der Waals surface area contributed by atoms with Gasteiger partial charge in [0.25, 0.3) is 0 Å². The number of rotatable bonds is 8. The molecule has 1 amide bonds. The van der Waals surface area contributed by atoms with E-state index in [0.717, 1.165) is 11.3 Å². The summed E-state index contributed by atoms with van der Waals surface area (Å²) in [6.07, 6.45) is 1.46. The van der Waals surface area contributed by atoms with E-state index in [1.165, 1.54) is 17.3 Å². The molecule has 0 aliphatic carbocycles. The van der Waals surface area contributed by atoms with Crippen molar-refractivity contribution in [3.8, 4) is 5.75 Å². The minimum Gasteiger partial charge on any atom is -0.482 e. The molecule has 0 saturated carbocycles. The fourth-order valence-corrected chi connectivity index (χ4v) is 3.01. The van der Waals surface area contributed by atoms with Crippen LogP contribution in [0.4, 0.5) is 0 Å². The van der Waals surface area contributed by atoms with Crippen LogP contribution in [0.3, 0.4) is 0 Å². The number of amides is 1. The van der Waals surface area contributed by atoms with Crippen LogP contribution in [0.2, 0.25) is 0 Å². The summed E-state index contributed by atoms with van der Waals surface area (Å²) in [5, 5.41) is 8.99. The van der Waals surface area contributed by atoms with Gasteiger partial charge in [-0.05, 0) is 32.4 Å². The highest BCUT2D eigenvalue weighted by Crippen LogP contribution is 2.27. The first-order valence-electron chi connectivity index (χ1n) is 7.61. The number of aromatic nitrogens is 3. The van der Waals surface area contributed by atoms with E-state index in [4.69, 9.17) is 10.5 Å². The van der Waals surface area contributed by atoms with Gasteiger partial charge in [-0.15, -0.1) is 16.8 Å². The van der Waals surface area contributed by atoms with Crippen LogP contribution in [0.5, 0.6) is 5.75 Å². The monoisotopic (exact) mass is 346 g/mol. The third-order valence-electron chi connectivity index (χ3n) is 3.40. The Labute approximate surface area is 146 Å². The lowest BCUT2D eigenvalue weighted by molar-refractivity contribution is -0.115. The molecule has 1 aromatic carbocycles. The molecule has 0 fully saturated rings. The van der Waals surface area contributed by atoms with Gasteiger partial charge >= 0.3 is 0 Å². The van der Waals surface area contributed by atoms with Gasteiger partial charge in [0.05, 0.1) is 5.75 Å². The van der Waals surface area contributed by atoms with Crippen molar-refractivity contribution >= 4 is 17.7 Å². The van der Waals surface area contributed by atoms with Gasteiger partial charge in [0, 0.05) is 6.54 Å². The van der Waals surface area contributed by atoms with E-state index < -0.39 is 5.91 Å². The molecular formula is C17H22N4O2S. The number of aryl methyl sites for hydroxylation is 2. The number of nitrogens with zero attached hydrogens (tertiary/aromatic N) is 3. The third kappa shape index (κ3) is 4.38. The summed E-state index contributed by atoms with van der Waals surface area (Å²) < 4.78 is 7.94. The Morgan fingerprint density at radius 3 is 2.83 bits per heavy atom. The smallest absolute Gasteiger partial charge is 0.227 e. The number of benzene rings is 1. The van der Waals surface area contributed by atoms with E-state index in [1.54, 1.807) is 6.08 Å². The van der Waals surface area contributed by atoms with Crippen LogP contribution in [0, 0.1) is 13.8 Å². The average molecular weight is 346 g/mol. The molecule has 0 bridgehead atoms. The maximum absolute atomic E-state index is 11.0. The number of hydrogen-bond acceptors (Lipinski definition) is 5. The summed E-state index contributed by atoms with van der Waals surface area (Å²) in [7, 11) is 0. The Hall–Kier alpha value is -2.28. The van der Waals surface area contributed by atoms with Crippen LogP contribution in [-0.2, 0) is 11.3 Å². The van der Waals surface area contributed by atoms with Crippen LogP contribution in [0.15, 0.2) is 36.0 Å². The molecule has 0 spiro atoms. The molecule has 128 valence electrons. The van der Waals surface area contributed by atoms with Gasteiger partial charge < -0.3 is 10.5 Å². The second-order valence-corrected chi connectivity index (χ2v) is 6.47. The summed E-state index contributed by atoms with van der Waals surface area (Å²) in [6, 6.07) is 6.04. The number of carbonyl (C=O) groups is 1. The highest BCUT2D eigenvalue weighted by Gasteiger charge is 2.20. The molecule has 0 radical (unpaired) electrons. The summed E-state index contributed by atoms with van der Waals surface area (Å²) in [6.45, 7) is 10.3. The van der Waals surface area contributed by atoms with Crippen LogP contribution in [0.1, 0.15) is 30.0 Å². The van der Waals surface area contributed by atoms with Crippen molar-refractivity contribution in [3.63, 3.8) is 0 Å². The molecule has 2 rings (SSSR count). The molecular weight excluding hydrogens is 324 g/mol. The van der Waals surface area contributed by atoms with Crippen molar-refractivity contribution in [2.24, 2.45) is 5.73 Å². The Balaban J connectivity index is 2.22. The first-order chi connectivity index (χ1) is 11.4. The van der Waals surface area contributed by atoms with Gasteiger partial charge in [-0.1, -0.05) is 35.5 Å². The van der Waals surface area contributed by atoms with Gasteiger partial charge in [0.1, 0.15) is 5.75 Å². The lowest BCUT2D eigenvalue weighted by atomic mass is 10.1. The Kier molecular flexibility index (Phi) is 6.03. The number of nitrogens with two attached hydrogens (primary N) is 1. The zero-order valence-electron chi connectivity index (χ0n) is 14.2. The van der Waals surface area contributed by atoms with Gasteiger partial charge in [-0.25, -0.2) is 0 Å². The van der Waals surface area contributed by atoms with Gasteiger partial charge in [0.2, 0.25) is 5.91 Å². The number of carbonyl (C=O) groups excluding carboxylic acids is 1. The number of allylic oxidation sites excluding steroid dienone is 1. The lowest BCUT2D eigenvalue weighted by Crippen LogP contribution is -2.15. The second-order valence-electron chi connectivity index (χ2n) is 5.52. The Morgan fingerprint density at radius 1 is 1.46 bits per heavy atom. The van der Waals surface area contributed by atoms with E-state index in [1.807, 2.05) is 37.5 Å². The van der Waals surface area contributed by atoms with Crippen LogP contribution < -0.4 is 10.5 Å². The second kappa shape index (κ2) is 8.01. The fraction of sp³-hybridized carbons (Fsp3) is 0.353. The molecule has 7 heteroatoms. The minimum atomic E-state index is -0.394. The van der Waals surface area contributed by atoms with Crippen LogP contribution in [0.25, 0.3) is 0 Å². The molecule has 1 aromatic heterocycles. The van der Waals surface area contributed by atoms with E-state index in [2.05, 4.69) is 22.8 Å². The van der Waals surface area contributed by atoms with Crippen molar-refractivity contribution in [1.29, 1.82) is 0 Å². The molecule has 2 aromatic rings. The maximum atomic E-state index is 11.0. The van der Waals surface area contributed by atoms with E-state index in [9.17, 15) is 4.79 Å². The topological polar surface area (TPSA) is 83.0 Å². The van der Waals surface area contributed by atoms with Gasteiger partial charge in [0.15, 0.2) is 17.1 Å². The number of hydrogen-bond donors (Lipinski definition) is 1. The average Bonchev–Trinajstić information content (AvgIpc) is 2.91. The van der Waals surface area contributed by atoms with Crippen molar-refractivity contribution in [2.75, 3.05) is 5.75 Å². The Morgan fingerprint density at radius 2 is 2.21 bits per heavy atom. The Bertz CT molecular complexity index is 742. The summed E-state index contributed by atoms with van der Waals surface area (Å²) >= 11 is 1.26. The molecule has 0 aliphatic heterocycles. The highest BCUT2D eigenvalue weighted by molar-refractivity contribution is 7.99. The van der Waals surface area contributed by atoms with E-state index in [-0.39, 0.29) is 11.9 Å². The SMILES string of the molecule is C=CCn1c(SCC(N)=O)nnc1[C@@H](C)Oc1ccc(C)cc1C. The largest absolute Gasteiger partial charge is 0.482 e. The molecule has 6 nitrogen and oxygen atoms in total. The first kappa shape index (κ1) is 18.1. The minimum absolute atomic E-state index is 0.154. The van der Waals surface area contributed by atoms with Crippen molar-refractivity contribution in [1.82, 2.24) is 14.8 Å². The summed E-state index contributed by atoms with van der Waals surface area (Å²) in [5.74, 6) is 1.26. The van der Waals surface area contributed by atoms with Gasteiger partial charge in [-0.2, -0.15) is 0 Å².